The Labute approximate surface area is 102 Å². The average molecular weight is 251 g/mol. The normalized spacial score (nSPS) is 18.1. The molecule has 0 bridgehead atoms. The molecule has 0 aromatic heterocycles. The topological polar surface area (TPSA) is 40.3 Å². The van der Waals surface area contributed by atoms with Crippen LogP contribution in [-0.2, 0) is 0 Å². The van der Waals surface area contributed by atoms with Crippen molar-refractivity contribution in [2.45, 2.75) is 0 Å². The van der Waals surface area contributed by atoms with Crippen molar-refractivity contribution in [2.24, 2.45) is 13.8 Å². The summed E-state index contributed by atoms with van der Waals surface area (Å²) in [5.41, 5.74) is 2.55. The Balaban J connectivity index is 2.23. The van der Waals surface area contributed by atoms with E-state index in [-0.39, 0.29) is 0 Å². The number of aliphatic imine (C=N–C) groups is 1. The molecule has 0 aliphatic carbocycles. The monoisotopic (exact) mass is 250 g/mol. The summed E-state index contributed by atoms with van der Waals surface area (Å²) in [6, 6.07) is 7.87. The lowest BCUT2D eigenvalue weighted by atomic mass is 10.2. The molecule has 0 N–H and O–H groups in total. The summed E-state index contributed by atoms with van der Waals surface area (Å²) in [5.74, 6) is 0.753. The van der Waals surface area contributed by atoms with Crippen LogP contribution in [0.2, 0.25) is 0 Å². The van der Waals surface area contributed by atoms with Crippen LogP contribution in [0.4, 0.5) is 11.4 Å². The van der Waals surface area contributed by atoms with E-state index in [2.05, 4.69) is 13.8 Å². The maximum absolute atomic E-state index is 6.01. The minimum atomic E-state index is 0.399. The van der Waals surface area contributed by atoms with Gasteiger partial charge < -0.3 is 4.90 Å². The lowest BCUT2D eigenvalue weighted by molar-refractivity contribution is 1.25. The Morgan fingerprint density at radius 1 is 1.25 bits per heavy atom. The zero-order valence-corrected chi connectivity index (χ0v) is 9.96. The first-order chi connectivity index (χ1) is 7.77. The zero-order chi connectivity index (χ0) is 11.1. The molecule has 0 atom stereocenters. The van der Waals surface area contributed by atoms with Gasteiger partial charge in [-0.3, -0.25) is 0 Å². The summed E-state index contributed by atoms with van der Waals surface area (Å²) in [5, 5.41) is 0.399. The molecule has 4 nitrogen and oxygen atoms in total. The van der Waals surface area contributed by atoms with E-state index >= 15 is 0 Å². The molecule has 0 radical (unpaired) electrons. The fraction of sp³-hybridized carbons (Fsp3) is 0.100. The molecule has 80 valence electrons. The second-order valence-corrected chi connectivity index (χ2v) is 4.27. The van der Waals surface area contributed by atoms with Gasteiger partial charge in [0.1, 0.15) is 17.8 Å². The predicted octanol–water partition coefficient (Wildman–Crippen LogP) is 2.82. The number of amidine groups is 1. The fourth-order valence-electron chi connectivity index (χ4n) is 1.67. The van der Waals surface area contributed by atoms with Gasteiger partial charge in [-0.25, -0.2) is 4.99 Å². The van der Waals surface area contributed by atoms with E-state index in [4.69, 9.17) is 11.6 Å². The van der Waals surface area contributed by atoms with Gasteiger partial charge in [0, 0.05) is 7.05 Å². The summed E-state index contributed by atoms with van der Waals surface area (Å²) in [4.78, 5) is 6.44. The quantitative estimate of drug-likeness (QED) is 0.665. The van der Waals surface area contributed by atoms with Crippen molar-refractivity contribution in [1.29, 1.82) is 0 Å². The molecule has 2 aliphatic heterocycles. The van der Waals surface area contributed by atoms with E-state index in [9.17, 15) is 0 Å². The van der Waals surface area contributed by atoms with Gasteiger partial charge in [0.25, 0.3) is 0 Å². The highest BCUT2D eigenvalue weighted by Crippen LogP contribution is 2.34. The van der Waals surface area contributed by atoms with Crippen molar-refractivity contribution in [2.75, 3.05) is 11.9 Å². The van der Waals surface area contributed by atoms with Crippen molar-refractivity contribution in [3.05, 3.63) is 24.3 Å². The number of halogens is 1. The Bertz CT molecular complexity index is 550. The largest absolute Gasteiger partial charge is 0.325 e. The van der Waals surface area contributed by atoms with Gasteiger partial charge in [-0.1, -0.05) is 23.7 Å². The van der Waals surface area contributed by atoms with E-state index in [0.29, 0.717) is 10.9 Å². The van der Waals surface area contributed by atoms with Crippen LogP contribution in [0.3, 0.4) is 0 Å². The van der Waals surface area contributed by atoms with Gasteiger partial charge >= 0.3 is 0 Å². The second kappa shape index (κ2) is 3.61. The van der Waals surface area contributed by atoms with Crippen molar-refractivity contribution < 1.29 is 0 Å². The van der Waals surface area contributed by atoms with Crippen LogP contribution < -0.4 is 4.90 Å². The minimum Gasteiger partial charge on any atom is -0.325 e. The van der Waals surface area contributed by atoms with Gasteiger partial charge in [0.15, 0.2) is 11.0 Å². The molecule has 2 heterocycles. The van der Waals surface area contributed by atoms with Crippen LogP contribution in [0.15, 0.2) is 38.1 Å². The van der Waals surface area contributed by atoms with Crippen LogP contribution in [0.1, 0.15) is 0 Å². The number of benzene rings is 1. The minimum absolute atomic E-state index is 0.399. The number of para-hydroxylation sites is 2. The van der Waals surface area contributed by atoms with Gasteiger partial charge in [0.05, 0.1) is 11.4 Å². The number of rotatable bonds is 0. The molecule has 2 aliphatic rings. The van der Waals surface area contributed by atoms with E-state index in [1.165, 1.54) is 0 Å². The fourth-order valence-corrected chi connectivity index (χ4v) is 2.37. The average Bonchev–Trinajstić information content (AvgIpc) is 2.31. The summed E-state index contributed by atoms with van der Waals surface area (Å²) < 4.78 is 8.21. The summed E-state index contributed by atoms with van der Waals surface area (Å²) in [7, 11) is 1.95. The highest BCUT2D eigenvalue weighted by molar-refractivity contribution is 7.97. The molecular weight excluding hydrogens is 244 g/mol. The summed E-state index contributed by atoms with van der Waals surface area (Å²) in [6.07, 6.45) is 0. The van der Waals surface area contributed by atoms with Crippen LogP contribution in [0.25, 0.3) is 0 Å². The maximum Gasteiger partial charge on any atom is 0.172 e. The third-order valence-electron chi connectivity index (χ3n) is 2.45. The first-order valence-corrected chi connectivity index (χ1v) is 5.78. The Morgan fingerprint density at radius 3 is 2.94 bits per heavy atom. The first-order valence-electron chi connectivity index (χ1n) is 4.67. The van der Waals surface area contributed by atoms with Gasteiger partial charge in [-0.2, -0.15) is 8.80 Å². The van der Waals surface area contributed by atoms with E-state index in [1.807, 2.05) is 36.2 Å². The third kappa shape index (κ3) is 1.36. The van der Waals surface area contributed by atoms with Gasteiger partial charge in [-0.15, -0.1) is 0 Å². The standard InChI is InChI=1S/C10H7ClN4S/c1-15-7-5-3-2-4-6(7)12-8-9(11)13-16-14-10(8)15/h2-5H,1H3. The van der Waals surface area contributed by atoms with Crippen LogP contribution in [0, 0.1) is 0 Å². The Hall–Kier alpha value is -1.33. The Kier molecular flexibility index (Phi) is 2.22. The van der Waals surface area contributed by atoms with Crippen LogP contribution in [0.5, 0.6) is 0 Å². The highest BCUT2D eigenvalue weighted by atomic mass is 35.5. The number of anilines is 1. The third-order valence-corrected chi connectivity index (χ3v) is 3.33. The van der Waals surface area contributed by atoms with Crippen LogP contribution >= 0.6 is 23.7 Å². The first kappa shape index (κ1) is 9.86. The molecule has 1 aromatic carbocycles. The van der Waals surface area contributed by atoms with Crippen molar-refractivity contribution in [1.82, 2.24) is 0 Å². The van der Waals surface area contributed by atoms with Gasteiger partial charge in [-0.05, 0) is 12.1 Å². The van der Waals surface area contributed by atoms with E-state index in [1.54, 1.807) is 0 Å². The Morgan fingerprint density at radius 2 is 2.06 bits per heavy atom. The summed E-state index contributed by atoms with van der Waals surface area (Å²) in [6.45, 7) is 0. The lowest BCUT2D eigenvalue weighted by Gasteiger charge is -2.28. The molecule has 0 amide bonds. The van der Waals surface area contributed by atoms with Crippen molar-refractivity contribution >= 4 is 51.8 Å². The molecule has 0 saturated heterocycles. The van der Waals surface area contributed by atoms with Crippen molar-refractivity contribution in [3.63, 3.8) is 0 Å². The molecule has 1 aromatic rings. The van der Waals surface area contributed by atoms with E-state index in [0.717, 1.165) is 29.3 Å². The molecular formula is C10H7ClN4S. The lowest BCUT2D eigenvalue weighted by Crippen LogP contribution is -2.39. The summed E-state index contributed by atoms with van der Waals surface area (Å²) >= 11 is 7.10. The van der Waals surface area contributed by atoms with Gasteiger partial charge in [0.2, 0.25) is 0 Å². The van der Waals surface area contributed by atoms with Crippen molar-refractivity contribution in [3.8, 4) is 0 Å². The molecule has 0 fully saturated rings. The molecule has 0 unspecified atom stereocenters. The SMILES string of the molecule is CN1C2=NSN=C(Cl)C2=Nc2ccccc21. The number of fused-ring (bicyclic) bond motifs is 2. The highest BCUT2D eigenvalue weighted by Gasteiger charge is 2.28. The molecule has 0 spiro atoms. The second-order valence-electron chi connectivity index (χ2n) is 3.39. The van der Waals surface area contributed by atoms with E-state index < -0.39 is 0 Å². The zero-order valence-electron chi connectivity index (χ0n) is 8.38. The smallest absolute Gasteiger partial charge is 0.172 e. The number of nitrogens with zero attached hydrogens (tertiary/aromatic N) is 4. The molecule has 3 rings (SSSR count). The molecule has 6 heteroatoms. The maximum atomic E-state index is 6.01. The molecule has 0 saturated carbocycles. The molecule has 16 heavy (non-hydrogen) atoms. The predicted molar refractivity (Wildman–Crippen MR) is 70.3 cm³/mol. The number of hydrogen-bond acceptors (Lipinski definition) is 5. The number of hydrogen-bond donors (Lipinski definition) is 0. The van der Waals surface area contributed by atoms with Crippen LogP contribution in [-0.4, -0.2) is 23.8 Å².